The van der Waals surface area contributed by atoms with E-state index in [-0.39, 0.29) is 12.8 Å². The van der Waals surface area contributed by atoms with E-state index in [1.165, 1.54) is 89.9 Å². The summed E-state index contributed by atoms with van der Waals surface area (Å²) in [5.74, 6) is 3.81. The van der Waals surface area contributed by atoms with Crippen LogP contribution in [0.4, 0.5) is 0 Å². The van der Waals surface area contributed by atoms with Crippen molar-refractivity contribution in [2.24, 2.45) is 47.3 Å². The summed E-state index contributed by atoms with van der Waals surface area (Å²) in [5.41, 5.74) is -1.20. The van der Waals surface area contributed by atoms with E-state index in [1.54, 1.807) is 0 Å². The summed E-state index contributed by atoms with van der Waals surface area (Å²) in [6.07, 6.45) is 23.6. The van der Waals surface area contributed by atoms with Gasteiger partial charge in [0.05, 0.1) is 19.4 Å². The Hall–Kier alpha value is -1.14. The SMILES string of the molecule is CC(C)CCCC(C)CCCC(C)CCCC(C)CCC(CCC(C)CCCC(C)CCCC(C)CCCC(C)C)(OC(=O)CCC(=O)O)C(O)CO. The van der Waals surface area contributed by atoms with Crippen LogP contribution in [0.2, 0.25) is 0 Å². The van der Waals surface area contributed by atoms with E-state index in [9.17, 15) is 19.8 Å². The summed E-state index contributed by atoms with van der Waals surface area (Å²) >= 11 is 0. The van der Waals surface area contributed by atoms with Crippen molar-refractivity contribution >= 4 is 11.9 Å². The molecule has 7 atom stereocenters. The van der Waals surface area contributed by atoms with E-state index >= 15 is 0 Å². The number of carboxylic acids is 1. The Morgan fingerprint density at radius 1 is 0.472 bits per heavy atom. The number of carbonyl (C=O) groups excluding carboxylic acids is 1. The molecule has 6 heteroatoms. The van der Waals surface area contributed by atoms with Gasteiger partial charge in [0.2, 0.25) is 0 Å². The van der Waals surface area contributed by atoms with Gasteiger partial charge >= 0.3 is 11.9 Å². The number of carbonyl (C=O) groups is 2. The van der Waals surface area contributed by atoms with Crippen LogP contribution in [0.15, 0.2) is 0 Å². The van der Waals surface area contributed by atoms with E-state index in [2.05, 4.69) is 69.2 Å². The molecule has 0 aromatic heterocycles. The minimum absolute atomic E-state index is 0.233. The average molecular weight is 753 g/mol. The van der Waals surface area contributed by atoms with Gasteiger partial charge in [0.15, 0.2) is 0 Å². The van der Waals surface area contributed by atoms with Crippen LogP contribution < -0.4 is 0 Å². The van der Waals surface area contributed by atoms with Gasteiger partial charge in [-0.05, 0) is 73.0 Å². The Kier molecular flexibility index (Phi) is 30.3. The zero-order valence-electron chi connectivity index (χ0n) is 36.9. The number of aliphatic hydroxyl groups is 2. The highest BCUT2D eigenvalue weighted by Gasteiger charge is 2.41. The third kappa shape index (κ3) is 28.9. The minimum atomic E-state index is -1.20. The molecule has 7 unspecified atom stereocenters. The number of aliphatic carboxylic acids is 1. The Morgan fingerprint density at radius 3 is 1.02 bits per heavy atom. The van der Waals surface area contributed by atoms with Gasteiger partial charge in [-0.25, -0.2) is 0 Å². The van der Waals surface area contributed by atoms with Gasteiger partial charge in [0.1, 0.15) is 11.7 Å². The van der Waals surface area contributed by atoms with Gasteiger partial charge in [0.25, 0.3) is 0 Å². The summed E-state index contributed by atoms with van der Waals surface area (Å²) in [7, 11) is 0. The predicted octanol–water partition coefficient (Wildman–Crippen LogP) is 13.2. The topological polar surface area (TPSA) is 104 Å². The molecule has 53 heavy (non-hydrogen) atoms. The number of hydrogen-bond donors (Lipinski definition) is 3. The van der Waals surface area contributed by atoms with Crippen molar-refractivity contribution in [2.75, 3.05) is 6.61 Å². The Morgan fingerprint density at radius 2 is 0.755 bits per heavy atom. The summed E-state index contributed by atoms with van der Waals surface area (Å²) in [5, 5.41) is 30.5. The molecule has 3 N–H and O–H groups in total. The van der Waals surface area contributed by atoms with E-state index in [4.69, 9.17) is 9.84 Å². The maximum Gasteiger partial charge on any atom is 0.307 e. The van der Waals surface area contributed by atoms with Gasteiger partial charge in [0, 0.05) is 0 Å². The normalized spacial score (nSPS) is 17.2. The lowest BCUT2D eigenvalue weighted by Gasteiger charge is -2.38. The van der Waals surface area contributed by atoms with Crippen LogP contribution in [-0.4, -0.2) is 45.6 Å². The summed E-state index contributed by atoms with van der Waals surface area (Å²) in [6, 6.07) is 0. The number of esters is 1. The molecule has 0 bridgehead atoms. The number of rotatable bonds is 36. The first-order valence-corrected chi connectivity index (χ1v) is 22.7. The van der Waals surface area contributed by atoms with Crippen LogP contribution in [0, 0.1) is 47.3 Å². The summed E-state index contributed by atoms with van der Waals surface area (Å²) in [6.45, 7) is 22.8. The second-order valence-electron chi connectivity index (χ2n) is 19.2. The molecule has 0 heterocycles. The van der Waals surface area contributed by atoms with E-state index in [0.717, 1.165) is 62.2 Å². The maximum atomic E-state index is 12.9. The average Bonchev–Trinajstić information content (AvgIpc) is 3.07. The van der Waals surface area contributed by atoms with Gasteiger partial charge < -0.3 is 20.1 Å². The van der Waals surface area contributed by atoms with Crippen molar-refractivity contribution in [3.8, 4) is 0 Å². The third-order valence-electron chi connectivity index (χ3n) is 12.3. The van der Waals surface area contributed by atoms with E-state index in [0.29, 0.717) is 36.5 Å². The van der Waals surface area contributed by atoms with Crippen LogP contribution >= 0.6 is 0 Å². The molecule has 0 aliphatic rings. The molecule has 0 radical (unpaired) electrons. The highest BCUT2D eigenvalue weighted by molar-refractivity contribution is 5.76. The van der Waals surface area contributed by atoms with Crippen molar-refractivity contribution in [3.05, 3.63) is 0 Å². The number of carboxylic acid groups (broad SMARTS) is 1. The van der Waals surface area contributed by atoms with Crippen molar-refractivity contribution < 1.29 is 29.6 Å². The highest BCUT2D eigenvalue weighted by Crippen LogP contribution is 2.35. The Balaban J connectivity index is 4.97. The summed E-state index contributed by atoms with van der Waals surface area (Å²) < 4.78 is 6.01. The third-order valence-corrected chi connectivity index (χ3v) is 12.3. The first kappa shape index (κ1) is 51.9. The fraction of sp³-hybridized carbons (Fsp3) is 0.957. The van der Waals surface area contributed by atoms with Crippen LogP contribution in [0.5, 0.6) is 0 Å². The fourth-order valence-electron chi connectivity index (χ4n) is 8.14. The maximum absolute atomic E-state index is 12.9. The first-order chi connectivity index (χ1) is 25.0. The van der Waals surface area contributed by atoms with Crippen molar-refractivity contribution in [3.63, 3.8) is 0 Å². The molecule has 0 amide bonds. The van der Waals surface area contributed by atoms with Crippen LogP contribution in [0.1, 0.15) is 223 Å². The molecule has 6 nitrogen and oxygen atoms in total. The van der Waals surface area contributed by atoms with Crippen LogP contribution in [0.25, 0.3) is 0 Å². The molecule has 0 aromatic rings. The Bertz CT molecular complexity index is 838. The van der Waals surface area contributed by atoms with Crippen molar-refractivity contribution in [1.82, 2.24) is 0 Å². The highest BCUT2D eigenvalue weighted by atomic mass is 16.6. The molecule has 0 saturated heterocycles. The van der Waals surface area contributed by atoms with E-state index < -0.39 is 30.3 Å². The predicted molar refractivity (Wildman–Crippen MR) is 225 cm³/mol. The zero-order valence-corrected chi connectivity index (χ0v) is 36.9. The molecule has 0 rings (SSSR count). The second-order valence-corrected chi connectivity index (χ2v) is 19.2. The van der Waals surface area contributed by atoms with Crippen molar-refractivity contribution in [1.29, 1.82) is 0 Å². The minimum Gasteiger partial charge on any atom is -0.481 e. The number of aliphatic hydroxyl groups excluding tert-OH is 2. The lowest BCUT2D eigenvalue weighted by molar-refractivity contribution is -0.182. The van der Waals surface area contributed by atoms with Gasteiger partial charge in [-0.1, -0.05) is 185 Å². The molecule has 0 fully saturated rings. The molecular weight excluding hydrogens is 661 g/mol. The molecular formula is C47H92O6. The number of ether oxygens (including phenoxy) is 1. The van der Waals surface area contributed by atoms with Crippen molar-refractivity contribution in [2.45, 2.75) is 235 Å². The molecule has 0 aromatic carbocycles. The zero-order chi connectivity index (χ0) is 40.2. The molecule has 0 aliphatic carbocycles. The molecule has 0 spiro atoms. The van der Waals surface area contributed by atoms with Crippen LogP contribution in [-0.2, 0) is 14.3 Å². The van der Waals surface area contributed by atoms with Gasteiger partial charge in [-0.2, -0.15) is 0 Å². The number of hydrogen-bond acceptors (Lipinski definition) is 5. The van der Waals surface area contributed by atoms with Gasteiger partial charge in [-0.3, -0.25) is 9.59 Å². The summed E-state index contributed by atoms with van der Waals surface area (Å²) in [4.78, 5) is 24.1. The largest absolute Gasteiger partial charge is 0.481 e. The monoisotopic (exact) mass is 753 g/mol. The molecule has 0 saturated carbocycles. The Labute approximate surface area is 329 Å². The smallest absolute Gasteiger partial charge is 0.307 e. The second kappa shape index (κ2) is 31.0. The van der Waals surface area contributed by atoms with Gasteiger partial charge in [-0.15, -0.1) is 0 Å². The molecule has 316 valence electrons. The molecule has 0 aliphatic heterocycles. The first-order valence-electron chi connectivity index (χ1n) is 22.7. The van der Waals surface area contributed by atoms with Crippen LogP contribution in [0.3, 0.4) is 0 Å². The quantitative estimate of drug-likeness (QED) is 0.0551. The van der Waals surface area contributed by atoms with E-state index in [1.807, 2.05) is 0 Å². The lowest BCUT2D eigenvalue weighted by atomic mass is 9.80. The fourth-order valence-corrected chi connectivity index (χ4v) is 8.14. The lowest BCUT2D eigenvalue weighted by Crippen LogP contribution is -2.49. The standard InChI is InChI=1S/C47H92O6/c1-36(2)17-11-19-38(5)21-13-23-40(7)25-15-27-42(9)31-33-47(44(49)35-48,53-46(52)30-29-45(50)51)34-32-43(10)28-16-26-41(8)24-14-22-39(6)20-12-18-37(3)4/h36-44,48-49H,11-35H2,1-10H3,(H,50,51).